The van der Waals surface area contributed by atoms with Gasteiger partial charge in [0.15, 0.2) is 5.16 Å². The van der Waals surface area contributed by atoms with Crippen LogP contribution in [0.2, 0.25) is 0 Å². The van der Waals surface area contributed by atoms with E-state index in [1.54, 1.807) is 18.4 Å². The van der Waals surface area contributed by atoms with E-state index >= 15 is 0 Å². The molecule has 0 fully saturated rings. The number of H-pyrrole nitrogens is 1. The second kappa shape index (κ2) is 5.72. The Balaban J connectivity index is 2.34. The van der Waals surface area contributed by atoms with E-state index in [1.807, 2.05) is 18.4 Å². The molecule has 0 aliphatic rings. The van der Waals surface area contributed by atoms with Gasteiger partial charge in [0.1, 0.15) is 0 Å². The standard InChI is InChI=1S/C11H14N4O2S2/c1-6-3-4-18-8(6)7(5-12)19-11-13-9(16)10(17)14-15(11)2/h3-4,7H,5,12H2,1-2H3,(H,14,17). The maximum absolute atomic E-state index is 11.3. The average molecular weight is 298 g/mol. The SMILES string of the molecule is Cc1ccsc1C(CN)Sc1nc(=O)c(=O)[nH]n1C. The summed E-state index contributed by atoms with van der Waals surface area (Å²) in [5.74, 6) is 0. The van der Waals surface area contributed by atoms with Crippen molar-refractivity contribution >= 4 is 23.1 Å². The number of aryl methyl sites for hydroxylation is 2. The van der Waals surface area contributed by atoms with Crippen LogP contribution in [-0.2, 0) is 7.05 Å². The van der Waals surface area contributed by atoms with E-state index < -0.39 is 11.1 Å². The van der Waals surface area contributed by atoms with E-state index in [-0.39, 0.29) is 5.25 Å². The molecule has 1 atom stereocenters. The highest BCUT2D eigenvalue weighted by atomic mass is 32.2. The summed E-state index contributed by atoms with van der Waals surface area (Å²) in [4.78, 5) is 27.4. The average Bonchev–Trinajstić information content (AvgIpc) is 2.78. The van der Waals surface area contributed by atoms with Crippen molar-refractivity contribution in [1.82, 2.24) is 14.8 Å². The zero-order valence-electron chi connectivity index (χ0n) is 10.5. The van der Waals surface area contributed by atoms with Gasteiger partial charge in [0.25, 0.3) is 0 Å². The Hall–Kier alpha value is -1.38. The quantitative estimate of drug-likeness (QED) is 0.638. The Morgan fingerprint density at radius 1 is 1.58 bits per heavy atom. The highest BCUT2D eigenvalue weighted by Gasteiger charge is 2.18. The van der Waals surface area contributed by atoms with Gasteiger partial charge in [-0.15, -0.1) is 11.3 Å². The second-order valence-electron chi connectivity index (χ2n) is 4.01. The monoisotopic (exact) mass is 298 g/mol. The predicted octanol–water partition coefficient (Wildman–Crippen LogP) is 0.631. The van der Waals surface area contributed by atoms with Gasteiger partial charge in [-0.3, -0.25) is 19.4 Å². The van der Waals surface area contributed by atoms with Crippen LogP contribution in [0.5, 0.6) is 0 Å². The van der Waals surface area contributed by atoms with E-state index in [9.17, 15) is 9.59 Å². The number of aromatic nitrogens is 3. The lowest BCUT2D eigenvalue weighted by Crippen LogP contribution is -2.34. The fraction of sp³-hybridized carbons (Fsp3) is 0.364. The van der Waals surface area contributed by atoms with Crippen LogP contribution in [0.1, 0.15) is 15.7 Å². The number of hydrogen-bond donors (Lipinski definition) is 2. The largest absolute Gasteiger partial charge is 0.339 e. The van der Waals surface area contributed by atoms with Crippen molar-refractivity contribution in [2.45, 2.75) is 17.3 Å². The number of nitrogens with one attached hydrogen (secondary N) is 1. The number of thioether (sulfide) groups is 1. The summed E-state index contributed by atoms with van der Waals surface area (Å²) in [6, 6.07) is 2.03. The topological polar surface area (TPSA) is 93.8 Å². The van der Waals surface area contributed by atoms with Crippen molar-refractivity contribution in [2.24, 2.45) is 12.8 Å². The molecule has 0 saturated carbocycles. The number of nitrogens with two attached hydrogens (primary N) is 1. The lowest BCUT2D eigenvalue weighted by atomic mass is 10.2. The first-order chi connectivity index (χ1) is 9.02. The van der Waals surface area contributed by atoms with Gasteiger partial charge in [0.2, 0.25) is 0 Å². The van der Waals surface area contributed by atoms with Crippen molar-refractivity contribution in [3.8, 4) is 0 Å². The molecule has 0 amide bonds. The van der Waals surface area contributed by atoms with Crippen LogP contribution in [0, 0.1) is 6.92 Å². The van der Waals surface area contributed by atoms with E-state index in [2.05, 4.69) is 10.1 Å². The van der Waals surface area contributed by atoms with Gasteiger partial charge in [-0.2, -0.15) is 4.98 Å². The van der Waals surface area contributed by atoms with Crippen LogP contribution >= 0.6 is 23.1 Å². The summed E-state index contributed by atoms with van der Waals surface area (Å²) < 4.78 is 1.44. The molecule has 19 heavy (non-hydrogen) atoms. The van der Waals surface area contributed by atoms with E-state index in [1.165, 1.54) is 22.0 Å². The third kappa shape index (κ3) is 2.96. The minimum absolute atomic E-state index is 0.0176. The summed E-state index contributed by atoms with van der Waals surface area (Å²) in [6.45, 7) is 2.45. The molecular weight excluding hydrogens is 284 g/mol. The minimum Gasteiger partial charge on any atom is -0.329 e. The summed E-state index contributed by atoms with van der Waals surface area (Å²) in [7, 11) is 1.64. The first-order valence-electron chi connectivity index (χ1n) is 5.61. The molecule has 0 bridgehead atoms. The molecule has 2 aromatic heterocycles. The predicted molar refractivity (Wildman–Crippen MR) is 76.8 cm³/mol. The molecule has 2 rings (SSSR count). The normalized spacial score (nSPS) is 12.6. The van der Waals surface area contributed by atoms with E-state index in [0.29, 0.717) is 11.7 Å². The third-order valence-corrected chi connectivity index (χ3v) is 5.17. The molecule has 1 unspecified atom stereocenters. The fourth-order valence-electron chi connectivity index (χ4n) is 1.62. The summed E-state index contributed by atoms with van der Waals surface area (Å²) in [5.41, 5.74) is 5.47. The van der Waals surface area contributed by atoms with Gasteiger partial charge in [0.05, 0.1) is 5.25 Å². The number of rotatable bonds is 4. The maximum atomic E-state index is 11.3. The maximum Gasteiger partial charge on any atom is 0.339 e. The molecule has 0 aliphatic carbocycles. The molecule has 0 aliphatic heterocycles. The lowest BCUT2D eigenvalue weighted by molar-refractivity contribution is 0.595. The minimum atomic E-state index is -0.778. The molecule has 2 heterocycles. The Kier molecular flexibility index (Phi) is 4.23. The number of hydrogen-bond acceptors (Lipinski definition) is 6. The van der Waals surface area contributed by atoms with E-state index in [4.69, 9.17) is 5.73 Å². The Morgan fingerprint density at radius 2 is 2.32 bits per heavy atom. The van der Waals surface area contributed by atoms with Crippen LogP contribution in [0.15, 0.2) is 26.2 Å². The molecule has 3 N–H and O–H groups in total. The van der Waals surface area contributed by atoms with Gasteiger partial charge in [-0.25, -0.2) is 0 Å². The van der Waals surface area contributed by atoms with Crippen LogP contribution in [0.25, 0.3) is 0 Å². The first kappa shape index (κ1) is 14.0. The van der Waals surface area contributed by atoms with Crippen molar-refractivity contribution in [3.05, 3.63) is 42.6 Å². The van der Waals surface area contributed by atoms with Gasteiger partial charge < -0.3 is 5.73 Å². The number of nitrogens with zero attached hydrogens (tertiary/aromatic N) is 2. The van der Waals surface area contributed by atoms with Crippen LogP contribution < -0.4 is 16.9 Å². The Bertz CT molecular complexity index is 688. The van der Waals surface area contributed by atoms with Gasteiger partial charge in [0, 0.05) is 18.5 Å². The Morgan fingerprint density at radius 3 is 2.89 bits per heavy atom. The highest BCUT2D eigenvalue weighted by Crippen LogP contribution is 2.36. The lowest BCUT2D eigenvalue weighted by Gasteiger charge is -2.14. The summed E-state index contributed by atoms with van der Waals surface area (Å²) in [5, 5.41) is 4.90. The van der Waals surface area contributed by atoms with E-state index in [0.717, 1.165) is 4.88 Å². The molecule has 0 aromatic carbocycles. The molecule has 0 saturated heterocycles. The van der Waals surface area contributed by atoms with Crippen LogP contribution in [-0.4, -0.2) is 21.3 Å². The second-order valence-corrected chi connectivity index (χ2v) is 6.13. The van der Waals surface area contributed by atoms with Crippen LogP contribution in [0.4, 0.5) is 0 Å². The fourth-order valence-corrected chi connectivity index (χ4v) is 3.83. The van der Waals surface area contributed by atoms with Gasteiger partial charge in [-0.1, -0.05) is 11.8 Å². The van der Waals surface area contributed by atoms with Gasteiger partial charge >= 0.3 is 11.1 Å². The highest BCUT2D eigenvalue weighted by molar-refractivity contribution is 7.99. The smallest absolute Gasteiger partial charge is 0.329 e. The van der Waals surface area contributed by atoms with Crippen molar-refractivity contribution in [1.29, 1.82) is 0 Å². The molecule has 102 valence electrons. The molecular formula is C11H14N4O2S2. The van der Waals surface area contributed by atoms with Gasteiger partial charge in [-0.05, 0) is 23.9 Å². The first-order valence-corrected chi connectivity index (χ1v) is 7.37. The molecule has 0 radical (unpaired) electrons. The third-order valence-electron chi connectivity index (χ3n) is 2.60. The Labute approximate surface area is 117 Å². The zero-order valence-corrected chi connectivity index (χ0v) is 12.2. The molecule has 6 nitrogen and oxygen atoms in total. The van der Waals surface area contributed by atoms with Crippen molar-refractivity contribution in [2.75, 3.05) is 6.54 Å². The molecule has 0 spiro atoms. The molecule has 2 aromatic rings. The van der Waals surface area contributed by atoms with Crippen molar-refractivity contribution in [3.63, 3.8) is 0 Å². The van der Waals surface area contributed by atoms with Crippen molar-refractivity contribution < 1.29 is 0 Å². The van der Waals surface area contributed by atoms with Crippen LogP contribution in [0.3, 0.4) is 0 Å². The number of aromatic amines is 1. The zero-order chi connectivity index (χ0) is 14.0. The number of thiophene rings is 1. The summed E-state index contributed by atoms with van der Waals surface area (Å²) in [6.07, 6.45) is 0. The molecule has 8 heteroatoms. The summed E-state index contributed by atoms with van der Waals surface area (Å²) >= 11 is 3.00.